The fraction of sp³-hybridized carbons (Fsp3) is 0.619. The Morgan fingerprint density at radius 2 is 1.81 bits per heavy atom. The van der Waals surface area contributed by atoms with Crippen molar-refractivity contribution in [3.8, 4) is 0 Å². The Morgan fingerprint density at radius 1 is 1.12 bits per heavy atom. The van der Waals surface area contributed by atoms with Crippen molar-refractivity contribution in [3.63, 3.8) is 0 Å². The van der Waals surface area contributed by atoms with Crippen LogP contribution in [0.1, 0.15) is 67.8 Å². The maximum Gasteiger partial charge on any atom is 0.253 e. The van der Waals surface area contributed by atoms with Crippen LogP contribution in [0.4, 0.5) is 0 Å². The summed E-state index contributed by atoms with van der Waals surface area (Å²) in [5.74, 6) is 0.0424. The molecule has 0 aromatic heterocycles. The number of hydrogen-bond acceptors (Lipinski definition) is 3. The summed E-state index contributed by atoms with van der Waals surface area (Å²) in [6, 6.07) is 7.60. The third-order valence-corrected chi connectivity index (χ3v) is 5.88. The van der Waals surface area contributed by atoms with Gasteiger partial charge in [0, 0.05) is 30.7 Å². The van der Waals surface area contributed by atoms with Crippen LogP contribution in [0.3, 0.4) is 0 Å². The average Bonchev–Trinajstić information content (AvgIpc) is 2.66. The van der Waals surface area contributed by atoms with Crippen LogP contribution in [0, 0.1) is 5.92 Å². The van der Waals surface area contributed by atoms with Crippen LogP contribution in [-0.4, -0.2) is 35.3 Å². The molecular weight excluding hydrogens is 326 g/mol. The smallest absolute Gasteiger partial charge is 0.253 e. The topological polar surface area (TPSA) is 75.4 Å². The molecule has 3 rings (SSSR count). The van der Waals surface area contributed by atoms with E-state index in [4.69, 9.17) is 5.73 Å². The van der Waals surface area contributed by atoms with Crippen molar-refractivity contribution in [3.05, 3.63) is 35.4 Å². The SMILES string of the molecule is CC1(N)CCCCC1C(=O)NCc1ccc(C(=O)N2CCCCC2)cc1. The van der Waals surface area contributed by atoms with Gasteiger partial charge in [-0.05, 0) is 56.7 Å². The monoisotopic (exact) mass is 357 g/mol. The summed E-state index contributed by atoms with van der Waals surface area (Å²) in [6.07, 6.45) is 7.33. The van der Waals surface area contributed by atoms with Gasteiger partial charge in [-0.25, -0.2) is 0 Å². The van der Waals surface area contributed by atoms with E-state index in [1.165, 1.54) is 6.42 Å². The summed E-state index contributed by atoms with van der Waals surface area (Å²) >= 11 is 0. The van der Waals surface area contributed by atoms with Crippen molar-refractivity contribution in [2.75, 3.05) is 13.1 Å². The first-order valence-corrected chi connectivity index (χ1v) is 9.92. The minimum atomic E-state index is -0.410. The summed E-state index contributed by atoms with van der Waals surface area (Å²) in [5.41, 5.74) is 7.63. The highest BCUT2D eigenvalue weighted by Crippen LogP contribution is 2.31. The lowest BCUT2D eigenvalue weighted by atomic mass is 9.74. The third-order valence-electron chi connectivity index (χ3n) is 5.88. The fourth-order valence-electron chi connectivity index (χ4n) is 4.15. The molecule has 1 aliphatic heterocycles. The molecule has 2 aliphatic rings. The van der Waals surface area contributed by atoms with Gasteiger partial charge in [0.1, 0.15) is 0 Å². The summed E-state index contributed by atoms with van der Waals surface area (Å²) in [5, 5.41) is 3.02. The highest BCUT2D eigenvalue weighted by molar-refractivity contribution is 5.94. The molecule has 3 N–H and O–H groups in total. The highest BCUT2D eigenvalue weighted by Gasteiger charge is 2.37. The largest absolute Gasteiger partial charge is 0.352 e. The molecule has 5 heteroatoms. The molecule has 26 heavy (non-hydrogen) atoms. The van der Waals surface area contributed by atoms with Crippen LogP contribution >= 0.6 is 0 Å². The van der Waals surface area contributed by atoms with Crippen LogP contribution in [-0.2, 0) is 11.3 Å². The minimum absolute atomic E-state index is 0.0446. The summed E-state index contributed by atoms with van der Waals surface area (Å²) in [7, 11) is 0. The molecule has 2 fully saturated rings. The molecule has 0 spiro atoms. The molecule has 2 unspecified atom stereocenters. The number of nitrogens with one attached hydrogen (secondary N) is 1. The van der Waals surface area contributed by atoms with E-state index in [2.05, 4.69) is 5.32 Å². The number of carbonyl (C=O) groups excluding carboxylic acids is 2. The first-order valence-electron chi connectivity index (χ1n) is 9.92. The lowest BCUT2D eigenvalue weighted by molar-refractivity contribution is -0.128. The molecule has 0 radical (unpaired) electrons. The Hall–Kier alpha value is -1.88. The van der Waals surface area contributed by atoms with Crippen molar-refractivity contribution in [2.24, 2.45) is 11.7 Å². The van der Waals surface area contributed by atoms with Crippen LogP contribution in [0.25, 0.3) is 0 Å². The van der Waals surface area contributed by atoms with Crippen molar-refractivity contribution < 1.29 is 9.59 Å². The molecule has 1 aliphatic carbocycles. The van der Waals surface area contributed by atoms with Crippen LogP contribution in [0.15, 0.2) is 24.3 Å². The normalized spacial score (nSPS) is 26.4. The number of benzene rings is 1. The number of carbonyl (C=O) groups is 2. The predicted octanol–water partition coefficient (Wildman–Crippen LogP) is 2.84. The molecule has 5 nitrogen and oxygen atoms in total. The Bertz CT molecular complexity index is 633. The van der Waals surface area contributed by atoms with Gasteiger partial charge >= 0.3 is 0 Å². The van der Waals surface area contributed by atoms with Gasteiger partial charge in [-0.3, -0.25) is 9.59 Å². The number of hydrogen-bond donors (Lipinski definition) is 2. The molecule has 0 bridgehead atoms. The molecule has 1 aromatic rings. The van der Waals surface area contributed by atoms with E-state index < -0.39 is 5.54 Å². The van der Waals surface area contributed by atoms with Crippen LogP contribution < -0.4 is 11.1 Å². The van der Waals surface area contributed by atoms with Gasteiger partial charge in [0.2, 0.25) is 5.91 Å². The molecule has 1 saturated carbocycles. The van der Waals surface area contributed by atoms with Gasteiger partial charge in [-0.2, -0.15) is 0 Å². The molecular formula is C21H31N3O2. The van der Waals surface area contributed by atoms with E-state index in [1.807, 2.05) is 36.1 Å². The van der Waals surface area contributed by atoms with Gasteiger partial charge in [0.25, 0.3) is 5.91 Å². The van der Waals surface area contributed by atoms with Crippen LogP contribution in [0.5, 0.6) is 0 Å². The van der Waals surface area contributed by atoms with E-state index in [0.29, 0.717) is 6.54 Å². The summed E-state index contributed by atoms with van der Waals surface area (Å²) in [4.78, 5) is 27.0. The van der Waals surface area contributed by atoms with E-state index in [9.17, 15) is 9.59 Å². The van der Waals surface area contributed by atoms with Gasteiger partial charge in [0.15, 0.2) is 0 Å². The zero-order valence-electron chi connectivity index (χ0n) is 15.8. The van der Waals surface area contributed by atoms with Gasteiger partial charge < -0.3 is 16.0 Å². The van der Waals surface area contributed by atoms with Gasteiger partial charge in [0.05, 0.1) is 5.92 Å². The summed E-state index contributed by atoms with van der Waals surface area (Å²) in [6.45, 7) is 4.17. The van der Waals surface area contributed by atoms with Crippen molar-refractivity contribution in [1.82, 2.24) is 10.2 Å². The number of piperidine rings is 1. The maximum absolute atomic E-state index is 12.5. The first kappa shape index (κ1) is 18.9. The molecule has 2 amide bonds. The molecule has 2 atom stereocenters. The second-order valence-corrected chi connectivity index (χ2v) is 8.07. The van der Waals surface area contributed by atoms with E-state index in [1.54, 1.807) is 0 Å². The lowest BCUT2D eigenvalue weighted by Gasteiger charge is -2.37. The number of rotatable bonds is 4. The Labute approximate surface area is 156 Å². The van der Waals surface area contributed by atoms with E-state index in [0.717, 1.165) is 62.7 Å². The number of amides is 2. The second-order valence-electron chi connectivity index (χ2n) is 8.07. The predicted molar refractivity (Wildman–Crippen MR) is 103 cm³/mol. The Balaban J connectivity index is 1.54. The second kappa shape index (κ2) is 8.21. The van der Waals surface area contributed by atoms with Crippen LogP contribution in [0.2, 0.25) is 0 Å². The first-order chi connectivity index (χ1) is 12.5. The van der Waals surface area contributed by atoms with Crippen molar-refractivity contribution in [1.29, 1.82) is 0 Å². The molecule has 1 heterocycles. The summed E-state index contributed by atoms with van der Waals surface area (Å²) < 4.78 is 0. The molecule has 142 valence electrons. The highest BCUT2D eigenvalue weighted by atomic mass is 16.2. The quantitative estimate of drug-likeness (QED) is 0.870. The number of nitrogens with two attached hydrogens (primary N) is 1. The Morgan fingerprint density at radius 3 is 2.46 bits per heavy atom. The van der Waals surface area contributed by atoms with Gasteiger partial charge in [-0.1, -0.05) is 25.0 Å². The number of likely N-dealkylation sites (tertiary alicyclic amines) is 1. The minimum Gasteiger partial charge on any atom is -0.352 e. The van der Waals surface area contributed by atoms with Crippen molar-refractivity contribution >= 4 is 11.8 Å². The van der Waals surface area contributed by atoms with E-state index in [-0.39, 0.29) is 17.7 Å². The average molecular weight is 357 g/mol. The standard InChI is InChI=1S/C21H31N3O2/c1-21(22)12-4-3-7-18(21)19(25)23-15-16-8-10-17(11-9-16)20(26)24-13-5-2-6-14-24/h8-11,18H,2-7,12-15,22H2,1H3,(H,23,25). The molecule has 1 saturated heterocycles. The zero-order valence-corrected chi connectivity index (χ0v) is 15.8. The number of nitrogens with zero attached hydrogens (tertiary/aromatic N) is 1. The maximum atomic E-state index is 12.5. The molecule has 1 aromatic carbocycles. The van der Waals surface area contributed by atoms with Crippen molar-refractivity contribution in [2.45, 2.75) is 64.0 Å². The lowest BCUT2D eigenvalue weighted by Crippen LogP contribution is -2.52. The van der Waals surface area contributed by atoms with E-state index >= 15 is 0 Å². The Kier molecular flexibility index (Phi) is 5.97. The fourth-order valence-corrected chi connectivity index (χ4v) is 4.15. The zero-order chi connectivity index (χ0) is 18.6. The van der Waals surface area contributed by atoms with Gasteiger partial charge in [-0.15, -0.1) is 0 Å². The third kappa shape index (κ3) is 4.44.